The zero-order valence-corrected chi connectivity index (χ0v) is 11.3. The van der Waals surface area contributed by atoms with Gasteiger partial charge in [-0.25, -0.2) is 0 Å². The normalized spacial score (nSPS) is 14.2. The summed E-state index contributed by atoms with van der Waals surface area (Å²) in [5, 5.41) is 0.770. The minimum atomic E-state index is 0.0390. The quantitative estimate of drug-likeness (QED) is 0.877. The monoisotopic (exact) mass is 240 g/mol. The number of halogens is 1. The SMILES string of the molecule is CN(C)C(c1ccc(Cl)cc1)C(C)(C)CN. The maximum atomic E-state index is 5.91. The van der Waals surface area contributed by atoms with Gasteiger partial charge in [0.2, 0.25) is 0 Å². The van der Waals surface area contributed by atoms with E-state index in [1.165, 1.54) is 5.56 Å². The van der Waals surface area contributed by atoms with Crippen LogP contribution < -0.4 is 5.73 Å². The minimum absolute atomic E-state index is 0.0390. The van der Waals surface area contributed by atoms with Crippen molar-refractivity contribution < 1.29 is 0 Å². The summed E-state index contributed by atoms with van der Waals surface area (Å²) in [7, 11) is 4.16. The van der Waals surface area contributed by atoms with Gasteiger partial charge in [0.25, 0.3) is 0 Å². The van der Waals surface area contributed by atoms with E-state index in [1.807, 2.05) is 12.1 Å². The highest BCUT2D eigenvalue weighted by Crippen LogP contribution is 2.36. The van der Waals surface area contributed by atoms with Crippen LogP contribution in [0.1, 0.15) is 25.5 Å². The molecule has 1 aromatic carbocycles. The van der Waals surface area contributed by atoms with Crippen LogP contribution in [0.3, 0.4) is 0 Å². The predicted octanol–water partition coefficient (Wildman–Crippen LogP) is 2.93. The van der Waals surface area contributed by atoms with Crippen molar-refractivity contribution in [2.75, 3.05) is 20.6 Å². The molecule has 90 valence electrons. The number of nitrogens with zero attached hydrogens (tertiary/aromatic N) is 1. The third kappa shape index (κ3) is 2.97. The van der Waals surface area contributed by atoms with Crippen LogP contribution in [0.2, 0.25) is 5.02 Å². The van der Waals surface area contributed by atoms with E-state index in [0.29, 0.717) is 12.6 Å². The fraction of sp³-hybridized carbons (Fsp3) is 0.538. The lowest BCUT2D eigenvalue weighted by atomic mass is 9.80. The first-order chi connectivity index (χ1) is 7.38. The fourth-order valence-corrected chi connectivity index (χ4v) is 2.33. The molecule has 1 aromatic rings. The van der Waals surface area contributed by atoms with Crippen LogP contribution >= 0.6 is 11.6 Å². The van der Waals surface area contributed by atoms with Gasteiger partial charge in [-0.1, -0.05) is 37.6 Å². The molecule has 2 nitrogen and oxygen atoms in total. The predicted molar refractivity (Wildman–Crippen MR) is 70.7 cm³/mol. The molecule has 0 aliphatic carbocycles. The van der Waals surface area contributed by atoms with Crippen LogP contribution in [0.25, 0.3) is 0 Å². The molecule has 0 heterocycles. The van der Waals surface area contributed by atoms with Crippen molar-refractivity contribution in [3.05, 3.63) is 34.9 Å². The Hall–Kier alpha value is -0.570. The molecule has 0 aromatic heterocycles. The largest absolute Gasteiger partial charge is 0.330 e. The molecule has 0 fully saturated rings. The van der Waals surface area contributed by atoms with E-state index in [9.17, 15) is 0 Å². The van der Waals surface area contributed by atoms with Crippen molar-refractivity contribution in [1.82, 2.24) is 4.90 Å². The summed E-state index contributed by atoms with van der Waals surface area (Å²) in [6, 6.07) is 8.31. The Morgan fingerprint density at radius 1 is 1.25 bits per heavy atom. The van der Waals surface area contributed by atoms with Gasteiger partial charge >= 0.3 is 0 Å². The van der Waals surface area contributed by atoms with Gasteiger partial charge in [-0.15, -0.1) is 0 Å². The summed E-state index contributed by atoms with van der Waals surface area (Å²) in [6.45, 7) is 5.02. The molecule has 0 radical (unpaired) electrons. The molecule has 1 atom stereocenters. The van der Waals surface area contributed by atoms with Crippen LogP contribution in [0.15, 0.2) is 24.3 Å². The van der Waals surface area contributed by atoms with Crippen molar-refractivity contribution >= 4 is 11.6 Å². The number of hydrogen-bond donors (Lipinski definition) is 1. The van der Waals surface area contributed by atoms with E-state index >= 15 is 0 Å². The number of benzene rings is 1. The molecule has 16 heavy (non-hydrogen) atoms. The second-order valence-corrected chi connectivity index (χ2v) is 5.55. The van der Waals surface area contributed by atoms with Crippen LogP contribution in [-0.2, 0) is 0 Å². The molecular weight excluding hydrogens is 220 g/mol. The van der Waals surface area contributed by atoms with Crippen LogP contribution in [0.5, 0.6) is 0 Å². The molecule has 0 aliphatic heterocycles. The summed E-state index contributed by atoms with van der Waals surface area (Å²) >= 11 is 5.91. The molecule has 0 spiro atoms. The van der Waals surface area contributed by atoms with Gasteiger partial charge in [0.1, 0.15) is 0 Å². The van der Waals surface area contributed by atoms with E-state index in [2.05, 4.69) is 45.0 Å². The summed E-state index contributed by atoms with van der Waals surface area (Å²) in [6.07, 6.45) is 0. The second-order valence-electron chi connectivity index (χ2n) is 5.11. The highest BCUT2D eigenvalue weighted by atomic mass is 35.5. The van der Waals surface area contributed by atoms with E-state index in [0.717, 1.165) is 5.02 Å². The standard InChI is InChI=1S/C13H21ClN2/c1-13(2,9-15)12(16(3)4)10-5-7-11(14)8-6-10/h5-8,12H,9,15H2,1-4H3. The van der Waals surface area contributed by atoms with Crippen molar-refractivity contribution in [2.45, 2.75) is 19.9 Å². The second kappa shape index (κ2) is 5.17. The molecule has 0 saturated carbocycles. The number of rotatable bonds is 4. The zero-order valence-electron chi connectivity index (χ0n) is 10.5. The van der Waals surface area contributed by atoms with Crippen LogP contribution in [-0.4, -0.2) is 25.5 Å². The van der Waals surface area contributed by atoms with E-state index in [-0.39, 0.29) is 5.41 Å². The first-order valence-electron chi connectivity index (χ1n) is 5.50. The Bertz CT molecular complexity index is 330. The molecule has 1 unspecified atom stereocenters. The van der Waals surface area contributed by atoms with E-state index in [4.69, 9.17) is 17.3 Å². The van der Waals surface area contributed by atoms with Gasteiger partial charge in [0, 0.05) is 11.1 Å². The van der Waals surface area contributed by atoms with Gasteiger partial charge in [-0.2, -0.15) is 0 Å². The molecule has 0 aliphatic rings. The van der Waals surface area contributed by atoms with E-state index < -0.39 is 0 Å². The third-order valence-electron chi connectivity index (χ3n) is 2.97. The smallest absolute Gasteiger partial charge is 0.0406 e. The van der Waals surface area contributed by atoms with Crippen LogP contribution in [0, 0.1) is 5.41 Å². The van der Waals surface area contributed by atoms with Gasteiger partial charge < -0.3 is 10.6 Å². The maximum Gasteiger partial charge on any atom is 0.0406 e. The first kappa shape index (κ1) is 13.5. The zero-order chi connectivity index (χ0) is 12.3. The average Bonchev–Trinajstić information content (AvgIpc) is 2.20. The van der Waals surface area contributed by atoms with Gasteiger partial charge in [-0.3, -0.25) is 0 Å². The summed E-state index contributed by atoms with van der Waals surface area (Å²) < 4.78 is 0. The van der Waals surface area contributed by atoms with Crippen molar-refractivity contribution in [2.24, 2.45) is 11.1 Å². The number of hydrogen-bond acceptors (Lipinski definition) is 2. The Morgan fingerprint density at radius 2 is 1.75 bits per heavy atom. The molecule has 0 amide bonds. The third-order valence-corrected chi connectivity index (χ3v) is 3.22. The number of nitrogens with two attached hydrogens (primary N) is 1. The fourth-order valence-electron chi connectivity index (χ4n) is 2.21. The van der Waals surface area contributed by atoms with Crippen LogP contribution in [0.4, 0.5) is 0 Å². The Balaban J connectivity index is 3.08. The molecule has 0 bridgehead atoms. The van der Waals surface area contributed by atoms with Gasteiger partial charge in [-0.05, 0) is 43.8 Å². The molecule has 0 saturated heterocycles. The highest BCUT2D eigenvalue weighted by molar-refractivity contribution is 6.30. The summed E-state index contributed by atoms with van der Waals surface area (Å²) in [5.74, 6) is 0. The van der Waals surface area contributed by atoms with Crippen molar-refractivity contribution in [3.8, 4) is 0 Å². The minimum Gasteiger partial charge on any atom is -0.330 e. The van der Waals surface area contributed by atoms with Crippen molar-refractivity contribution in [1.29, 1.82) is 0 Å². The van der Waals surface area contributed by atoms with Gasteiger partial charge in [0.05, 0.1) is 0 Å². The Kier molecular flexibility index (Phi) is 4.36. The Labute approximate surface area is 103 Å². The first-order valence-corrected chi connectivity index (χ1v) is 5.88. The summed E-state index contributed by atoms with van der Waals surface area (Å²) in [5.41, 5.74) is 7.15. The lowest BCUT2D eigenvalue weighted by Crippen LogP contribution is -2.38. The van der Waals surface area contributed by atoms with Gasteiger partial charge in [0.15, 0.2) is 0 Å². The Morgan fingerprint density at radius 3 is 2.12 bits per heavy atom. The molecule has 1 rings (SSSR count). The average molecular weight is 241 g/mol. The summed E-state index contributed by atoms with van der Waals surface area (Å²) in [4.78, 5) is 2.20. The molecule has 3 heteroatoms. The van der Waals surface area contributed by atoms with Crippen molar-refractivity contribution in [3.63, 3.8) is 0 Å². The molecule has 2 N–H and O–H groups in total. The molecular formula is C13H21ClN2. The topological polar surface area (TPSA) is 29.3 Å². The lowest BCUT2D eigenvalue weighted by molar-refractivity contribution is 0.143. The van der Waals surface area contributed by atoms with E-state index in [1.54, 1.807) is 0 Å². The highest BCUT2D eigenvalue weighted by Gasteiger charge is 2.31. The maximum absolute atomic E-state index is 5.91. The lowest BCUT2D eigenvalue weighted by Gasteiger charge is -2.38.